The number of esters is 1. The molecule has 0 aliphatic heterocycles. The van der Waals surface area contributed by atoms with Crippen LogP contribution in [0.15, 0.2) is 72.9 Å². The van der Waals surface area contributed by atoms with Gasteiger partial charge in [0.05, 0.1) is 34.4 Å². The normalized spacial score (nSPS) is 14.6. The molecule has 0 bridgehead atoms. The standard InChI is InChI=1S/C44H78NO7P/c1-6-8-10-12-14-16-18-19-20-21-22-23-24-25-26-27-28-29-31-33-35-37-44(46)52-43(42-51-53(47,48)50-40-38-45(3,4)5)41-49-39-36-34-32-30-17-15-13-11-9-7-2/h8,10,14,16,19-20,22-23,25-26,28-29,43H,6-7,9,11-13,15,17-18,21,24,27,30-42H2,1-5H3/b10-8-,16-14-,20-19-,23-22-,26-25-,29-28-. The van der Waals surface area contributed by atoms with Gasteiger partial charge in [-0.25, -0.2) is 0 Å². The zero-order valence-corrected chi connectivity index (χ0v) is 35.3. The lowest BCUT2D eigenvalue weighted by molar-refractivity contribution is -0.870. The van der Waals surface area contributed by atoms with Gasteiger partial charge in [-0.2, -0.15) is 0 Å². The van der Waals surface area contributed by atoms with Crippen molar-refractivity contribution in [2.75, 3.05) is 54.1 Å². The van der Waals surface area contributed by atoms with E-state index in [1.165, 1.54) is 51.4 Å². The fraction of sp³-hybridized carbons (Fsp3) is 0.705. The van der Waals surface area contributed by atoms with Crippen LogP contribution in [0.5, 0.6) is 0 Å². The molecular weight excluding hydrogens is 685 g/mol. The maximum atomic E-state index is 12.6. The van der Waals surface area contributed by atoms with Crippen molar-refractivity contribution < 1.29 is 37.3 Å². The topological polar surface area (TPSA) is 94.1 Å². The zero-order chi connectivity index (χ0) is 39.1. The molecule has 0 fully saturated rings. The zero-order valence-electron chi connectivity index (χ0n) is 34.4. The van der Waals surface area contributed by atoms with Crippen LogP contribution >= 0.6 is 7.82 Å². The Morgan fingerprint density at radius 2 is 1.09 bits per heavy atom. The summed E-state index contributed by atoms with van der Waals surface area (Å²) in [4.78, 5) is 25.0. The first kappa shape index (κ1) is 50.9. The summed E-state index contributed by atoms with van der Waals surface area (Å²) in [5.74, 6) is -0.379. The van der Waals surface area contributed by atoms with Crippen LogP contribution in [0.25, 0.3) is 0 Å². The molecule has 53 heavy (non-hydrogen) atoms. The van der Waals surface area contributed by atoms with Gasteiger partial charge in [0.2, 0.25) is 0 Å². The minimum Gasteiger partial charge on any atom is -0.756 e. The molecule has 0 N–H and O–H groups in total. The third-order valence-corrected chi connectivity index (χ3v) is 9.24. The SMILES string of the molecule is CC/C=C\C/C=C\C/C=C\C/C=C\C/C=C\C/C=C\CCCCC(=O)OC(COCCCCCCCCCCCC)COP(=O)([O-])OCC[N+](C)(C)C. The van der Waals surface area contributed by atoms with Crippen molar-refractivity contribution in [1.82, 2.24) is 0 Å². The van der Waals surface area contributed by atoms with E-state index in [9.17, 15) is 14.3 Å². The number of allylic oxidation sites excluding steroid dienone is 12. The van der Waals surface area contributed by atoms with Gasteiger partial charge in [0.15, 0.2) is 0 Å². The van der Waals surface area contributed by atoms with Gasteiger partial charge >= 0.3 is 5.97 Å². The summed E-state index contributed by atoms with van der Waals surface area (Å²) in [6, 6.07) is 0. The average molecular weight is 764 g/mol. The van der Waals surface area contributed by atoms with Gasteiger partial charge < -0.3 is 27.9 Å². The minimum absolute atomic E-state index is 0.0146. The van der Waals surface area contributed by atoms with Crippen LogP contribution in [0.4, 0.5) is 0 Å². The quantitative estimate of drug-likeness (QED) is 0.0204. The number of ether oxygens (including phenoxy) is 2. The van der Waals surface area contributed by atoms with Crippen molar-refractivity contribution in [3.05, 3.63) is 72.9 Å². The summed E-state index contributed by atoms with van der Waals surface area (Å²) in [6.07, 6.45) is 46.3. The van der Waals surface area contributed by atoms with E-state index in [-0.39, 0.29) is 32.2 Å². The molecule has 0 aromatic rings. The van der Waals surface area contributed by atoms with Gasteiger partial charge in [-0.3, -0.25) is 9.36 Å². The molecule has 0 saturated heterocycles. The Balaban J connectivity index is 4.34. The Hall–Kier alpha value is -2.06. The number of unbranched alkanes of at least 4 members (excludes halogenated alkanes) is 11. The Kier molecular flexibility index (Phi) is 35.5. The molecule has 0 radical (unpaired) electrons. The van der Waals surface area contributed by atoms with E-state index in [1.807, 2.05) is 21.1 Å². The molecule has 0 aromatic heterocycles. The highest BCUT2D eigenvalue weighted by Crippen LogP contribution is 2.38. The molecule has 2 atom stereocenters. The van der Waals surface area contributed by atoms with Crippen molar-refractivity contribution in [3.63, 3.8) is 0 Å². The van der Waals surface area contributed by atoms with Crippen molar-refractivity contribution >= 4 is 13.8 Å². The number of phosphoric ester groups is 1. The Labute approximate surface area is 325 Å². The molecular formula is C44H78NO7P. The molecule has 8 nitrogen and oxygen atoms in total. The van der Waals surface area contributed by atoms with Crippen LogP contribution in [0, 0.1) is 0 Å². The van der Waals surface area contributed by atoms with E-state index in [4.69, 9.17) is 18.5 Å². The molecule has 9 heteroatoms. The first-order valence-corrected chi connectivity index (χ1v) is 22.1. The van der Waals surface area contributed by atoms with E-state index in [1.54, 1.807) is 0 Å². The summed E-state index contributed by atoms with van der Waals surface area (Å²) in [5.41, 5.74) is 0. The minimum atomic E-state index is -4.53. The van der Waals surface area contributed by atoms with Crippen LogP contribution in [-0.4, -0.2) is 70.7 Å². The van der Waals surface area contributed by atoms with Gasteiger partial charge in [-0.1, -0.05) is 145 Å². The predicted octanol–water partition coefficient (Wildman–Crippen LogP) is 11.3. The molecule has 0 amide bonds. The van der Waals surface area contributed by atoms with E-state index in [0.29, 0.717) is 24.1 Å². The molecule has 306 valence electrons. The number of likely N-dealkylation sites (N-methyl/N-ethyl adjacent to an activating group) is 1. The first-order valence-electron chi connectivity index (χ1n) is 20.7. The summed E-state index contributed by atoms with van der Waals surface area (Å²) in [5, 5.41) is 0. The van der Waals surface area contributed by atoms with Crippen molar-refractivity contribution in [3.8, 4) is 0 Å². The van der Waals surface area contributed by atoms with Gasteiger partial charge in [-0.15, -0.1) is 0 Å². The molecule has 0 saturated carbocycles. The van der Waals surface area contributed by atoms with Crippen LogP contribution in [-0.2, 0) is 27.9 Å². The Morgan fingerprint density at radius 3 is 1.60 bits per heavy atom. The highest BCUT2D eigenvalue weighted by atomic mass is 31.2. The third-order valence-electron chi connectivity index (χ3n) is 8.27. The number of rotatable bonds is 37. The fourth-order valence-electron chi connectivity index (χ4n) is 5.08. The number of phosphoric acid groups is 1. The predicted molar refractivity (Wildman–Crippen MR) is 222 cm³/mol. The van der Waals surface area contributed by atoms with Crippen molar-refractivity contribution in [1.29, 1.82) is 0 Å². The van der Waals surface area contributed by atoms with E-state index < -0.39 is 13.9 Å². The van der Waals surface area contributed by atoms with E-state index in [2.05, 4.69) is 86.8 Å². The number of quaternary nitrogens is 1. The molecule has 0 heterocycles. The third kappa shape index (κ3) is 41.0. The maximum absolute atomic E-state index is 12.6. The van der Waals surface area contributed by atoms with Crippen LogP contribution in [0.1, 0.15) is 142 Å². The average Bonchev–Trinajstić information content (AvgIpc) is 3.11. The van der Waals surface area contributed by atoms with Crippen LogP contribution in [0.2, 0.25) is 0 Å². The van der Waals surface area contributed by atoms with Crippen LogP contribution < -0.4 is 4.89 Å². The molecule has 0 aliphatic rings. The Bertz CT molecular complexity index is 1070. The molecule has 0 aliphatic carbocycles. The largest absolute Gasteiger partial charge is 0.756 e. The molecule has 0 aromatic carbocycles. The number of carbonyl (C=O) groups excluding carboxylic acids is 1. The van der Waals surface area contributed by atoms with E-state index in [0.717, 1.165) is 64.2 Å². The summed E-state index contributed by atoms with van der Waals surface area (Å²) in [6.45, 7) is 5.20. The Morgan fingerprint density at radius 1 is 0.604 bits per heavy atom. The van der Waals surface area contributed by atoms with E-state index >= 15 is 0 Å². The number of hydrogen-bond acceptors (Lipinski definition) is 7. The number of hydrogen-bond donors (Lipinski definition) is 0. The van der Waals surface area contributed by atoms with Gasteiger partial charge in [0.25, 0.3) is 7.82 Å². The summed E-state index contributed by atoms with van der Waals surface area (Å²) in [7, 11) is 1.32. The fourth-order valence-corrected chi connectivity index (χ4v) is 5.81. The molecule has 0 rings (SSSR count). The lowest BCUT2D eigenvalue weighted by Crippen LogP contribution is -2.37. The first-order chi connectivity index (χ1) is 25.6. The number of nitrogens with zero attached hydrogens (tertiary/aromatic N) is 1. The number of carbonyl (C=O) groups is 1. The lowest BCUT2D eigenvalue weighted by Gasteiger charge is -2.28. The second-order valence-corrected chi connectivity index (χ2v) is 16.0. The highest BCUT2D eigenvalue weighted by molar-refractivity contribution is 7.45. The molecule has 2 unspecified atom stereocenters. The van der Waals surface area contributed by atoms with Crippen molar-refractivity contribution in [2.24, 2.45) is 0 Å². The van der Waals surface area contributed by atoms with Gasteiger partial charge in [-0.05, 0) is 64.2 Å². The second kappa shape index (κ2) is 36.9. The smallest absolute Gasteiger partial charge is 0.306 e. The molecule has 0 spiro atoms. The maximum Gasteiger partial charge on any atom is 0.306 e. The monoisotopic (exact) mass is 764 g/mol. The lowest BCUT2D eigenvalue weighted by atomic mass is 10.1. The van der Waals surface area contributed by atoms with Crippen LogP contribution in [0.3, 0.4) is 0 Å². The highest BCUT2D eigenvalue weighted by Gasteiger charge is 2.20. The second-order valence-electron chi connectivity index (χ2n) is 14.6. The summed E-state index contributed by atoms with van der Waals surface area (Å²) < 4.78 is 34.4. The summed E-state index contributed by atoms with van der Waals surface area (Å²) >= 11 is 0. The van der Waals surface area contributed by atoms with Crippen molar-refractivity contribution in [2.45, 2.75) is 148 Å². The van der Waals surface area contributed by atoms with Gasteiger partial charge in [0, 0.05) is 13.0 Å². The van der Waals surface area contributed by atoms with Gasteiger partial charge in [0.1, 0.15) is 19.3 Å².